The van der Waals surface area contributed by atoms with Gasteiger partial charge in [-0.25, -0.2) is 0 Å². The Bertz CT molecular complexity index is 3290. The first kappa shape index (κ1) is 120. The van der Waals surface area contributed by atoms with Crippen LogP contribution in [0.4, 0.5) is 0 Å². The fourth-order valence-electron chi connectivity index (χ4n) is 18.7. The van der Waals surface area contributed by atoms with E-state index in [4.69, 9.17) is 104 Å². The second kappa shape index (κ2) is 59.0. The highest BCUT2D eigenvalue weighted by molar-refractivity contribution is 5.04. The fraction of sp³-hybridized carbons (Fsp3) is 1.00. The monoisotopic (exact) mass is 2050 g/mol. The standard InChI is InChI=1S/C87H156O53/c1-3-5-7-9-11-13-15-17-19-21-23-119-35-37(36-120-24-22-20-18-16-14-12-10-8-6-4-2)121-78-60(110)50(100)69(39(26-89)123-78)133-80-62(112)52(102)71(41(28-91)125-80)135-82-64(114)54(104)73(43(30-93)127-82)137-84-66(116)56(106)75(45(32-95)129-84)139-86-68(118)58(108)77(47(34-97)131-86)140-87-67(117)57(107)76(46(33-96)130-87)138-85-65(115)55(105)74(44(31-94)128-85)136-83-63(113)53(103)72(42(29-92)126-83)134-81-61(111)51(101)70(40(27-90)124-81)132-79-59(109)49(99)48(98)38(25-88)122-79/h37-118H,3-36H2,1-2H3/t38-,39-,40-,41-,42-,43-,44-,45-,46-,47-,48-,49+,50-,51-,52-,53-,54-,55-,56-,57-,58-,59-,60-,61-,62-,63-,64-,65-,66-,67-,68-,69-,70-,71-,72-,73-,74-,75-,76-,77-,78-,79+,80+,81+,82+,83+,84+,85+,86+,87+/m1/s1. The van der Waals surface area contributed by atoms with Gasteiger partial charge in [-0.3, -0.25) is 0 Å². The molecule has 0 spiro atoms. The molecule has 0 saturated carbocycles. The molecule has 140 heavy (non-hydrogen) atoms. The molecule has 53 heteroatoms. The van der Waals surface area contributed by atoms with Crippen molar-refractivity contribution < 1.29 is 263 Å². The van der Waals surface area contributed by atoms with Crippen molar-refractivity contribution in [1.82, 2.24) is 0 Å². The molecule has 0 aromatic rings. The van der Waals surface area contributed by atoms with Crippen molar-refractivity contribution in [3.8, 4) is 0 Å². The summed E-state index contributed by atoms with van der Waals surface area (Å²) >= 11 is 0. The number of aliphatic hydroxyl groups is 31. The van der Waals surface area contributed by atoms with Crippen molar-refractivity contribution in [2.24, 2.45) is 0 Å². The minimum absolute atomic E-state index is 0.0328. The van der Waals surface area contributed by atoms with Gasteiger partial charge in [-0.05, 0) is 12.8 Å². The van der Waals surface area contributed by atoms with E-state index >= 15 is 0 Å². The lowest BCUT2D eigenvalue weighted by atomic mass is 9.95. The van der Waals surface area contributed by atoms with Crippen LogP contribution >= 0.6 is 0 Å². The Morgan fingerprint density at radius 2 is 0.321 bits per heavy atom. The van der Waals surface area contributed by atoms with Crippen LogP contribution in [0.3, 0.4) is 0 Å². The molecule has 0 bridgehead atoms. The summed E-state index contributed by atoms with van der Waals surface area (Å²) in [6.45, 7) is -5.22. The van der Waals surface area contributed by atoms with Crippen LogP contribution in [0, 0.1) is 0 Å². The molecule has 0 radical (unpaired) electrons. The summed E-state index contributed by atoms with van der Waals surface area (Å²) in [5.41, 5.74) is 0. The van der Waals surface area contributed by atoms with Gasteiger partial charge in [0.1, 0.15) is 250 Å². The molecule has 10 aliphatic rings. The molecule has 10 heterocycles. The maximum Gasteiger partial charge on any atom is 0.187 e. The van der Waals surface area contributed by atoms with E-state index in [0.717, 1.165) is 51.4 Å². The van der Waals surface area contributed by atoms with Crippen LogP contribution in [-0.2, 0) is 104 Å². The number of hydrogen-bond donors (Lipinski definition) is 31. The number of hydrogen-bond acceptors (Lipinski definition) is 53. The van der Waals surface area contributed by atoms with E-state index in [9.17, 15) is 158 Å². The lowest BCUT2D eigenvalue weighted by molar-refractivity contribution is -0.401. The first-order valence-electron chi connectivity index (χ1n) is 48.8. The zero-order valence-corrected chi connectivity index (χ0v) is 78.3. The quantitative estimate of drug-likeness (QED) is 0.0251. The lowest BCUT2D eigenvalue weighted by Gasteiger charge is -2.50. The number of ether oxygens (including phenoxy) is 22. The third-order valence-corrected chi connectivity index (χ3v) is 27.1. The van der Waals surface area contributed by atoms with Gasteiger partial charge in [0.25, 0.3) is 0 Å². The van der Waals surface area contributed by atoms with Crippen LogP contribution in [0.15, 0.2) is 0 Å². The average molecular weight is 2050 g/mol. The van der Waals surface area contributed by atoms with Gasteiger partial charge in [-0.15, -0.1) is 0 Å². The molecule has 53 nitrogen and oxygen atoms in total. The molecular formula is C87H156O53. The molecule has 0 amide bonds. The van der Waals surface area contributed by atoms with E-state index in [1.807, 2.05) is 0 Å². The lowest BCUT2D eigenvalue weighted by Crippen LogP contribution is -2.68. The van der Waals surface area contributed by atoms with E-state index in [-0.39, 0.29) is 13.2 Å². The first-order chi connectivity index (χ1) is 67.2. The highest BCUT2D eigenvalue weighted by Crippen LogP contribution is 2.42. The van der Waals surface area contributed by atoms with Crippen LogP contribution in [0.1, 0.15) is 142 Å². The van der Waals surface area contributed by atoms with Gasteiger partial charge in [-0.2, -0.15) is 0 Å². The van der Waals surface area contributed by atoms with E-state index in [1.165, 1.54) is 77.0 Å². The van der Waals surface area contributed by atoms with E-state index in [0.29, 0.717) is 13.2 Å². The van der Waals surface area contributed by atoms with Crippen molar-refractivity contribution in [1.29, 1.82) is 0 Å². The molecule has 10 saturated heterocycles. The second-order valence-corrected chi connectivity index (χ2v) is 37.2. The van der Waals surface area contributed by atoms with Gasteiger partial charge in [0.05, 0.1) is 79.3 Å². The maximum atomic E-state index is 11.6. The van der Waals surface area contributed by atoms with Crippen molar-refractivity contribution in [3.63, 3.8) is 0 Å². The summed E-state index contributed by atoms with van der Waals surface area (Å²) in [6.07, 6.45) is -78.7. The van der Waals surface area contributed by atoms with Crippen LogP contribution in [0.25, 0.3) is 0 Å². The van der Waals surface area contributed by atoms with E-state index in [1.54, 1.807) is 0 Å². The van der Waals surface area contributed by atoms with Crippen LogP contribution in [0.2, 0.25) is 0 Å². The predicted molar refractivity (Wildman–Crippen MR) is 458 cm³/mol. The van der Waals surface area contributed by atoms with Crippen LogP contribution < -0.4 is 0 Å². The highest BCUT2D eigenvalue weighted by Gasteiger charge is 2.62. The summed E-state index contributed by atoms with van der Waals surface area (Å²) in [4.78, 5) is 0. The Morgan fingerprint density at radius 1 is 0.171 bits per heavy atom. The molecule has 10 fully saturated rings. The Morgan fingerprint density at radius 3 is 0.500 bits per heavy atom. The zero-order valence-electron chi connectivity index (χ0n) is 78.3. The topological polar surface area (TPSA) is 830 Å². The Balaban J connectivity index is 0.679. The molecule has 0 aliphatic carbocycles. The Labute approximate surface area is 807 Å². The van der Waals surface area contributed by atoms with Gasteiger partial charge in [0.2, 0.25) is 0 Å². The predicted octanol–water partition coefficient (Wildman–Crippen LogP) is -13.5. The molecule has 50 atom stereocenters. The van der Waals surface area contributed by atoms with Crippen LogP contribution in [-0.4, -0.2) is 564 Å². The largest absolute Gasteiger partial charge is 0.394 e. The zero-order chi connectivity index (χ0) is 102. The van der Waals surface area contributed by atoms with Crippen molar-refractivity contribution in [3.05, 3.63) is 0 Å². The third kappa shape index (κ3) is 30.2. The highest BCUT2D eigenvalue weighted by atomic mass is 16.8. The Kier molecular flexibility index (Phi) is 50.5. The number of rotatable bonds is 56. The second-order valence-electron chi connectivity index (χ2n) is 37.2. The van der Waals surface area contributed by atoms with Crippen molar-refractivity contribution >= 4 is 0 Å². The molecule has 10 aliphatic heterocycles. The average Bonchev–Trinajstić information content (AvgIpc) is 0.772. The van der Waals surface area contributed by atoms with Gasteiger partial charge in [-0.1, -0.05) is 129 Å². The van der Waals surface area contributed by atoms with Gasteiger partial charge in [0.15, 0.2) is 62.9 Å². The van der Waals surface area contributed by atoms with Gasteiger partial charge in [0, 0.05) is 13.2 Å². The summed E-state index contributed by atoms with van der Waals surface area (Å²) < 4.78 is 127. The SMILES string of the molecule is CCCCCCCCCCCCOCC(COCCCCCCCCCCCC)O[C@@H]1O[C@H](CO)[C@@H](O[C@@H]2O[C@H](CO)[C@@H](O[C@@H]3O[C@H](CO)[C@@H](O[C@@H]4O[C@H](CO)[C@@H](O[C@@H]5O[C@H](CO)[C@@H](O[C@@H]6O[C@H](CO)[C@@H](O[C@@H]7O[C@H](CO)[C@@H](O[C@@H]8O[C@H](CO)[C@@H](O[C@@H]9O[C@H](CO)[C@@H](O[C@@H]%10O[C@H](CO)[C@@H](O)[C@H](O)[C@H]%10O)[C@H](O)[C@H]9O)[C@H](O)[C@H]8O)[C@H](O)[C@H]7O)[C@H](O)[C@H]6O)[C@H](O)[C@H]5O)[C@H](O)[C@H]4O)[C@H](O)[C@H]3O)[C@H](O)[C@H]2O)[C@H](O)[C@H]1O. The minimum Gasteiger partial charge on any atom is -0.394 e. The number of aliphatic hydroxyl groups excluding tert-OH is 31. The summed E-state index contributed by atoms with van der Waals surface area (Å²) in [5, 5.41) is 343. The molecule has 10 rings (SSSR count). The first-order valence-corrected chi connectivity index (χ1v) is 48.8. The molecule has 822 valence electrons. The third-order valence-electron chi connectivity index (χ3n) is 27.1. The molecule has 31 N–H and O–H groups in total. The summed E-state index contributed by atoms with van der Waals surface area (Å²) in [7, 11) is 0. The van der Waals surface area contributed by atoms with Crippen molar-refractivity contribution in [2.45, 2.75) is 455 Å². The molecule has 0 unspecified atom stereocenters. The summed E-state index contributed by atoms with van der Waals surface area (Å²) in [5.74, 6) is 0. The van der Waals surface area contributed by atoms with E-state index in [2.05, 4.69) is 13.8 Å². The van der Waals surface area contributed by atoms with E-state index < -0.39 is 379 Å². The Hall–Kier alpha value is -2.12. The van der Waals surface area contributed by atoms with Crippen molar-refractivity contribution in [2.75, 3.05) is 92.5 Å². The minimum atomic E-state index is -2.33. The summed E-state index contributed by atoms with van der Waals surface area (Å²) in [6, 6.07) is 0. The molecule has 0 aromatic carbocycles. The van der Waals surface area contributed by atoms with Gasteiger partial charge >= 0.3 is 0 Å². The number of unbranched alkanes of at least 4 members (excludes halogenated alkanes) is 18. The van der Waals surface area contributed by atoms with Crippen LogP contribution in [0.5, 0.6) is 0 Å². The van der Waals surface area contributed by atoms with Gasteiger partial charge < -0.3 is 263 Å². The normalized spacial score (nSPS) is 45.1. The molecule has 0 aromatic heterocycles. The molecular weight excluding hydrogens is 1890 g/mol. The maximum absolute atomic E-state index is 11.6. The fourth-order valence-corrected chi connectivity index (χ4v) is 18.7. The smallest absolute Gasteiger partial charge is 0.187 e.